The maximum Gasteiger partial charge on any atom is 0.231 e. The van der Waals surface area contributed by atoms with E-state index in [1.165, 1.54) is 0 Å². The Balaban J connectivity index is 1.49. The number of amides is 1. The lowest BCUT2D eigenvalue weighted by Gasteiger charge is -2.39. The third-order valence-corrected chi connectivity index (χ3v) is 5.53. The first-order valence-corrected chi connectivity index (χ1v) is 9.31. The minimum atomic E-state index is -0.295. The number of anilines is 1. The van der Waals surface area contributed by atoms with Gasteiger partial charge < -0.3 is 9.80 Å². The van der Waals surface area contributed by atoms with Gasteiger partial charge in [-0.05, 0) is 50.8 Å². The normalized spacial score (nSPS) is 23.1. The van der Waals surface area contributed by atoms with E-state index in [9.17, 15) is 4.79 Å². The van der Waals surface area contributed by atoms with Crippen LogP contribution < -0.4 is 4.90 Å². The summed E-state index contributed by atoms with van der Waals surface area (Å²) in [6.45, 7) is 7.00. The fourth-order valence-corrected chi connectivity index (χ4v) is 4.16. The number of likely N-dealkylation sites (tertiary alicyclic amines) is 1. The summed E-state index contributed by atoms with van der Waals surface area (Å²) in [4.78, 5) is 30.8. The number of hydrogen-bond donors (Lipinski definition) is 0. The van der Waals surface area contributed by atoms with Crippen molar-refractivity contribution in [2.75, 3.05) is 24.5 Å². The number of carbonyl (C=O) groups is 1. The van der Waals surface area contributed by atoms with E-state index in [0.717, 1.165) is 55.3 Å². The summed E-state index contributed by atoms with van der Waals surface area (Å²) >= 11 is 0. The molecule has 1 amide bonds. The topological polar surface area (TPSA) is 62.2 Å². The van der Waals surface area contributed by atoms with E-state index >= 15 is 0 Å². The van der Waals surface area contributed by atoms with Crippen molar-refractivity contribution in [2.45, 2.75) is 39.7 Å². The second-order valence-corrected chi connectivity index (χ2v) is 7.61. The van der Waals surface area contributed by atoms with Crippen LogP contribution in [0, 0.1) is 19.3 Å². The molecule has 26 heavy (non-hydrogen) atoms. The molecule has 0 N–H and O–H groups in total. The van der Waals surface area contributed by atoms with Crippen LogP contribution in [0.2, 0.25) is 0 Å². The second-order valence-electron chi connectivity index (χ2n) is 7.61. The number of aryl methyl sites for hydroxylation is 2. The van der Waals surface area contributed by atoms with Gasteiger partial charge in [0.25, 0.3) is 0 Å². The molecule has 2 aromatic rings. The average Bonchev–Trinajstić information content (AvgIpc) is 2.92. The van der Waals surface area contributed by atoms with Crippen LogP contribution in [-0.4, -0.2) is 45.4 Å². The zero-order valence-electron chi connectivity index (χ0n) is 15.5. The lowest BCUT2D eigenvalue weighted by Crippen LogP contribution is -2.48. The van der Waals surface area contributed by atoms with Gasteiger partial charge in [-0.3, -0.25) is 9.78 Å². The van der Waals surface area contributed by atoms with Crippen molar-refractivity contribution in [2.24, 2.45) is 5.41 Å². The molecule has 2 saturated heterocycles. The predicted octanol–water partition coefficient (Wildman–Crippen LogP) is 2.51. The highest BCUT2D eigenvalue weighted by atomic mass is 16.2. The number of hydrogen-bond acceptors (Lipinski definition) is 5. The quantitative estimate of drug-likeness (QED) is 0.850. The number of carbonyl (C=O) groups excluding carboxylic acids is 1. The minimum Gasteiger partial charge on any atom is -0.340 e. The van der Waals surface area contributed by atoms with Gasteiger partial charge in [0.05, 0.1) is 17.7 Å². The molecular weight excluding hydrogens is 326 g/mol. The molecule has 1 atom stereocenters. The van der Waals surface area contributed by atoms with Crippen LogP contribution in [0.1, 0.15) is 36.2 Å². The Kier molecular flexibility index (Phi) is 4.34. The van der Waals surface area contributed by atoms with Crippen molar-refractivity contribution in [1.82, 2.24) is 19.9 Å². The van der Waals surface area contributed by atoms with E-state index in [4.69, 9.17) is 0 Å². The van der Waals surface area contributed by atoms with E-state index in [1.54, 1.807) is 0 Å². The third-order valence-electron chi connectivity index (χ3n) is 5.53. The molecular formula is C20H25N5O. The van der Waals surface area contributed by atoms with E-state index in [0.29, 0.717) is 13.1 Å². The third kappa shape index (κ3) is 3.16. The molecule has 6 heteroatoms. The predicted molar refractivity (Wildman–Crippen MR) is 99.7 cm³/mol. The smallest absolute Gasteiger partial charge is 0.231 e. The molecule has 1 spiro atoms. The van der Waals surface area contributed by atoms with Crippen LogP contribution in [0.25, 0.3) is 0 Å². The van der Waals surface area contributed by atoms with E-state index in [2.05, 4.69) is 19.9 Å². The molecule has 0 saturated carbocycles. The summed E-state index contributed by atoms with van der Waals surface area (Å²) in [5, 5.41) is 0. The molecule has 4 heterocycles. The molecule has 4 rings (SSSR count). The van der Waals surface area contributed by atoms with Gasteiger partial charge in [-0.15, -0.1) is 0 Å². The Bertz CT molecular complexity index is 806. The lowest BCUT2D eigenvalue weighted by molar-refractivity contribution is -0.137. The largest absolute Gasteiger partial charge is 0.340 e. The van der Waals surface area contributed by atoms with E-state index in [-0.39, 0.29) is 11.3 Å². The summed E-state index contributed by atoms with van der Waals surface area (Å²) in [6.07, 6.45) is 6.54. The zero-order chi connectivity index (χ0) is 18.1. The molecule has 2 aliphatic heterocycles. The highest BCUT2D eigenvalue weighted by Gasteiger charge is 2.49. The SMILES string of the molecule is Cc1cnc(N2CCCC3(CCN(Cc4cccc(C)n4)C3=O)C2)nc1. The van der Waals surface area contributed by atoms with Crippen molar-refractivity contribution in [3.05, 3.63) is 47.5 Å². The summed E-state index contributed by atoms with van der Waals surface area (Å²) in [5.41, 5.74) is 2.71. The molecule has 2 aliphatic rings. The average molecular weight is 351 g/mol. The van der Waals surface area contributed by atoms with Crippen LogP contribution in [0.4, 0.5) is 5.95 Å². The van der Waals surface area contributed by atoms with Gasteiger partial charge in [0.15, 0.2) is 0 Å². The van der Waals surface area contributed by atoms with Gasteiger partial charge in [0, 0.05) is 37.7 Å². The number of rotatable bonds is 3. The zero-order valence-corrected chi connectivity index (χ0v) is 15.5. The van der Waals surface area contributed by atoms with Crippen LogP contribution in [-0.2, 0) is 11.3 Å². The maximum atomic E-state index is 13.2. The van der Waals surface area contributed by atoms with Crippen LogP contribution in [0.5, 0.6) is 0 Å². The standard InChI is InChI=1S/C20H25N5O/c1-15-11-21-19(22-12-15)25-9-4-7-20(14-25)8-10-24(18(20)26)13-17-6-3-5-16(2)23-17/h3,5-6,11-12H,4,7-10,13-14H2,1-2H3. The van der Waals surface area contributed by atoms with Gasteiger partial charge in [-0.2, -0.15) is 0 Å². The van der Waals surface area contributed by atoms with Gasteiger partial charge in [0.2, 0.25) is 11.9 Å². The fraction of sp³-hybridized carbons (Fsp3) is 0.500. The Morgan fingerprint density at radius 3 is 2.69 bits per heavy atom. The molecule has 2 aromatic heterocycles. The van der Waals surface area contributed by atoms with E-state index < -0.39 is 0 Å². The van der Waals surface area contributed by atoms with Crippen molar-refractivity contribution in [3.8, 4) is 0 Å². The monoisotopic (exact) mass is 351 g/mol. The number of nitrogens with zero attached hydrogens (tertiary/aromatic N) is 5. The molecule has 1 unspecified atom stereocenters. The van der Waals surface area contributed by atoms with Crippen LogP contribution >= 0.6 is 0 Å². The van der Waals surface area contributed by atoms with Crippen LogP contribution in [0.3, 0.4) is 0 Å². The summed E-state index contributed by atoms with van der Waals surface area (Å²) in [5.74, 6) is 0.999. The molecule has 0 aromatic carbocycles. The van der Waals surface area contributed by atoms with Crippen molar-refractivity contribution in [3.63, 3.8) is 0 Å². The summed E-state index contributed by atoms with van der Waals surface area (Å²) in [7, 11) is 0. The molecule has 6 nitrogen and oxygen atoms in total. The first-order valence-electron chi connectivity index (χ1n) is 9.31. The first kappa shape index (κ1) is 16.9. The Morgan fingerprint density at radius 2 is 1.92 bits per heavy atom. The van der Waals surface area contributed by atoms with Crippen LogP contribution in [0.15, 0.2) is 30.6 Å². The Labute approximate surface area is 154 Å². The Hall–Kier alpha value is -2.50. The lowest BCUT2D eigenvalue weighted by atomic mass is 9.78. The number of pyridine rings is 1. The second kappa shape index (κ2) is 6.67. The molecule has 2 fully saturated rings. The summed E-state index contributed by atoms with van der Waals surface area (Å²) < 4.78 is 0. The van der Waals surface area contributed by atoms with Crippen molar-refractivity contribution in [1.29, 1.82) is 0 Å². The van der Waals surface area contributed by atoms with Gasteiger partial charge in [-0.25, -0.2) is 9.97 Å². The number of piperidine rings is 1. The van der Waals surface area contributed by atoms with Crippen molar-refractivity contribution >= 4 is 11.9 Å². The molecule has 0 aliphatic carbocycles. The summed E-state index contributed by atoms with van der Waals surface area (Å²) in [6, 6.07) is 5.99. The van der Waals surface area contributed by atoms with E-state index in [1.807, 2.05) is 49.3 Å². The van der Waals surface area contributed by atoms with Gasteiger partial charge in [-0.1, -0.05) is 6.07 Å². The Morgan fingerprint density at radius 1 is 1.12 bits per heavy atom. The van der Waals surface area contributed by atoms with Crippen molar-refractivity contribution < 1.29 is 4.79 Å². The maximum absolute atomic E-state index is 13.2. The number of aromatic nitrogens is 3. The molecule has 136 valence electrons. The highest BCUT2D eigenvalue weighted by molar-refractivity contribution is 5.85. The fourth-order valence-electron chi connectivity index (χ4n) is 4.16. The highest BCUT2D eigenvalue weighted by Crippen LogP contribution is 2.41. The first-order chi connectivity index (χ1) is 12.6. The molecule has 0 radical (unpaired) electrons. The van der Waals surface area contributed by atoms with Gasteiger partial charge >= 0.3 is 0 Å². The van der Waals surface area contributed by atoms with Gasteiger partial charge in [0.1, 0.15) is 0 Å². The molecule has 0 bridgehead atoms. The minimum absolute atomic E-state index is 0.262.